The first-order chi connectivity index (χ1) is 9.58. The van der Waals surface area contributed by atoms with E-state index in [4.69, 9.17) is 0 Å². The van der Waals surface area contributed by atoms with Crippen LogP contribution in [-0.2, 0) is 0 Å². The summed E-state index contributed by atoms with van der Waals surface area (Å²) < 4.78 is 0.519. The lowest BCUT2D eigenvalue weighted by atomic mass is 10.1. The van der Waals surface area contributed by atoms with Crippen LogP contribution in [0.25, 0.3) is 0 Å². The van der Waals surface area contributed by atoms with Gasteiger partial charge in [-0.1, -0.05) is 0 Å². The average molecular weight is 337 g/mol. The van der Waals surface area contributed by atoms with Gasteiger partial charge in [-0.3, -0.25) is 9.78 Å². The number of amides is 1. The molecule has 20 heavy (non-hydrogen) atoms. The van der Waals surface area contributed by atoms with Gasteiger partial charge >= 0.3 is 0 Å². The Hall–Kier alpha value is -1.92. The van der Waals surface area contributed by atoms with E-state index < -0.39 is 6.10 Å². The van der Waals surface area contributed by atoms with E-state index in [9.17, 15) is 15.0 Å². The zero-order valence-corrected chi connectivity index (χ0v) is 12.0. The van der Waals surface area contributed by atoms with Gasteiger partial charge in [-0.2, -0.15) is 0 Å². The first kappa shape index (κ1) is 14.5. The number of halogens is 1. The molecular weight excluding hydrogens is 324 g/mol. The third kappa shape index (κ3) is 3.55. The molecule has 0 spiro atoms. The molecule has 0 aliphatic heterocycles. The van der Waals surface area contributed by atoms with Crippen LogP contribution in [0.3, 0.4) is 0 Å². The predicted molar refractivity (Wildman–Crippen MR) is 77.3 cm³/mol. The number of aromatic nitrogens is 1. The van der Waals surface area contributed by atoms with Crippen LogP contribution < -0.4 is 5.32 Å². The van der Waals surface area contributed by atoms with Crippen LogP contribution in [0.2, 0.25) is 0 Å². The van der Waals surface area contributed by atoms with E-state index in [2.05, 4.69) is 26.2 Å². The van der Waals surface area contributed by atoms with Crippen molar-refractivity contribution in [2.45, 2.75) is 6.10 Å². The Balaban J connectivity index is 1.97. The standard InChI is InChI=1S/C14H13BrN2O3/c15-11-2-1-10(7-12(11)18)14(20)17-8-13(19)9-3-5-16-6-4-9/h1-7,13,18-19H,8H2,(H,17,20). The van der Waals surface area contributed by atoms with Crippen LogP contribution in [0.1, 0.15) is 22.0 Å². The summed E-state index contributed by atoms with van der Waals surface area (Å²) in [5.41, 5.74) is 1.01. The number of aromatic hydroxyl groups is 1. The third-order valence-electron chi connectivity index (χ3n) is 2.76. The topological polar surface area (TPSA) is 82.5 Å². The van der Waals surface area contributed by atoms with Gasteiger partial charge in [0.1, 0.15) is 5.75 Å². The van der Waals surface area contributed by atoms with E-state index in [1.807, 2.05) is 0 Å². The normalized spacial score (nSPS) is 11.9. The van der Waals surface area contributed by atoms with E-state index in [1.165, 1.54) is 6.07 Å². The number of aliphatic hydroxyl groups excluding tert-OH is 1. The Bertz CT molecular complexity index is 605. The van der Waals surface area contributed by atoms with Crippen molar-refractivity contribution < 1.29 is 15.0 Å². The highest BCUT2D eigenvalue weighted by Gasteiger charge is 2.11. The number of phenols is 1. The van der Waals surface area contributed by atoms with Crippen LogP contribution >= 0.6 is 15.9 Å². The number of nitrogens with zero attached hydrogens (tertiary/aromatic N) is 1. The largest absolute Gasteiger partial charge is 0.507 e. The average Bonchev–Trinajstić information content (AvgIpc) is 2.48. The first-order valence-electron chi connectivity index (χ1n) is 5.92. The van der Waals surface area contributed by atoms with Gasteiger partial charge in [-0.05, 0) is 51.8 Å². The molecule has 0 bridgehead atoms. The number of hydrogen-bond acceptors (Lipinski definition) is 4. The highest BCUT2D eigenvalue weighted by molar-refractivity contribution is 9.10. The summed E-state index contributed by atoms with van der Waals surface area (Å²) in [7, 11) is 0. The molecule has 1 atom stereocenters. The second-order valence-electron chi connectivity index (χ2n) is 4.17. The number of aliphatic hydroxyl groups is 1. The fourth-order valence-electron chi connectivity index (χ4n) is 1.65. The molecule has 5 nitrogen and oxygen atoms in total. The molecule has 0 aliphatic carbocycles. The maximum atomic E-state index is 11.9. The molecule has 6 heteroatoms. The lowest BCUT2D eigenvalue weighted by molar-refractivity contribution is 0.0916. The maximum Gasteiger partial charge on any atom is 0.251 e. The number of hydrogen-bond donors (Lipinski definition) is 3. The highest BCUT2D eigenvalue weighted by Crippen LogP contribution is 2.24. The van der Waals surface area contributed by atoms with Gasteiger partial charge in [-0.25, -0.2) is 0 Å². The van der Waals surface area contributed by atoms with Gasteiger partial charge in [0.15, 0.2) is 0 Å². The van der Waals surface area contributed by atoms with Gasteiger partial charge in [-0.15, -0.1) is 0 Å². The van der Waals surface area contributed by atoms with E-state index >= 15 is 0 Å². The zero-order valence-electron chi connectivity index (χ0n) is 10.5. The van der Waals surface area contributed by atoms with Crippen molar-refractivity contribution in [1.82, 2.24) is 10.3 Å². The Morgan fingerprint density at radius 2 is 2.00 bits per heavy atom. The summed E-state index contributed by atoms with van der Waals surface area (Å²) in [4.78, 5) is 15.7. The van der Waals surface area contributed by atoms with Crippen LogP contribution in [0.4, 0.5) is 0 Å². The maximum absolute atomic E-state index is 11.9. The summed E-state index contributed by atoms with van der Waals surface area (Å²) in [6, 6.07) is 7.89. The molecule has 1 unspecified atom stereocenters. The van der Waals surface area contributed by atoms with Gasteiger partial charge in [0.05, 0.1) is 10.6 Å². The van der Waals surface area contributed by atoms with Gasteiger partial charge < -0.3 is 15.5 Å². The van der Waals surface area contributed by atoms with Crippen molar-refractivity contribution in [2.24, 2.45) is 0 Å². The number of benzene rings is 1. The quantitative estimate of drug-likeness (QED) is 0.797. The molecule has 3 N–H and O–H groups in total. The summed E-state index contributed by atoms with van der Waals surface area (Å²) in [6.45, 7) is 0.0830. The van der Waals surface area contributed by atoms with Gasteiger partial charge in [0.25, 0.3) is 5.91 Å². The molecule has 1 aromatic heterocycles. The molecule has 0 saturated heterocycles. The molecule has 0 saturated carbocycles. The fraction of sp³-hybridized carbons (Fsp3) is 0.143. The van der Waals surface area contributed by atoms with Crippen LogP contribution in [-0.4, -0.2) is 27.6 Å². The number of carbonyl (C=O) groups excluding carboxylic acids is 1. The van der Waals surface area contributed by atoms with Crippen molar-refractivity contribution in [3.63, 3.8) is 0 Å². The Kier molecular flexibility index (Phi) is 4.70. The lowest BCUT2D eigenvalue weighted by Crippen LogP contribution is -2.28. The molecule has 2 aromatic rings. The van der Waals surface area contributed by atoms with Crippen LogP contribution in [0.15, 0.2) is 47.2 Å². The second-order valence-corrected chi connectivity index (χ2v) is 5.03. The predicted octanol–water partition coefficient (Wildman–Crippen LogP) is 2.01. The smallest absolute Gasteiger partial charge is 0.251 e. The summed E-state index contributed by atoms with van der Waals surface area (Å²) in [5, 5.41) is 22.0. The number of phenolic OH excluding ortho intramolecular Hbond substituents is 1. The minimum absolute atomic E-state index is 0.00710. The minimum atomic E-state index is -0.800. The summed E-state index contributed by atoms with van der Waals surface area (Å²) in [5.74, 6) is -0.367. The fourth-order valence-corrected chi connectivity index (χ4v) is 1.90. The van der Waals surface area contributed by atoms with E-state index in [1.54, 1.807) is 36.7 Å². The van der Waals surface area contributed by atoms with Crippen molar-refractivity contribution in [1.29, 1.82) is 0 Å². The molecule has 104 valence electrons. The molecule has 1 heterocycles. The Morgan fingerprint density at radius 1 is 1.30 bits per heavy atom. The Labute approximate surface area is 124 Å². The first-order valence-corrected chi connectivity index (χ1v) is 6.72. The van der Waals surface area contributed by atoms with E-state index in [0.717, 1.165) is 0 Å². The Morgan fingerprint density at radius 3 is 2.65 bits per heavy atom. The number of rotatable bonds is 4. The molecule has 0 fully saturated rings. The van der Waals surface area contributed by atoms with Crippen LogP contribution in [0.5, 0.6) is 5.75 Å². The van der Waals surface area contributed by atoms with Gasteiger partial charge in [0, 0.05) is 24.5 Å². The number of carbonyl (C=O) groups is 1. The zero-order chi connectivity index (χ0) is 14.5. The SMILES string of the molecule is O=C(NCC(O)c1ccncc1)c1ccc(Br)c(O)c1. The van der Waals surface area contributed by atoms with E-state index in [-0.39, 0.29) is 18.2 Å². The lowest BCUT2D eigenvalue weighted by Gasteiger charge is -2.12. The highest BCUT2D eigenvalue weighted by atomic mass is 79.9. The monoisotopic (exact) mass is 336 g/mol. The number of nitrogens with one attached hydrogen (secondary N) is 1. The van der Waals surface area contributed by atoms with Crippen molar-refractivity contribution in [2.75, 3.05) is 6.54 Å². The molecule has 2 rings (SSSR count). The minimum Gasteiger partial charge on any atom is -0.507 e. The molecule has 0 radical (unpaired) electrons. The third-order valence-corrected chi connectivity index (χ3v) is 3.43. The number of pyridine rings is 1. The van der Waals surface area contributed by atoms with Crippen molar-refractivity contribution in [3.05, 3.63) is 58.3 Å². The molecular formula is C14H13BrN2O3. The van der Waals surface area contributed by atoms with E-state index in [0.29, 0.717) is 15.6 Å². The molecule has 1 amide bonds. The van der Waals surface area contributed by atoms with Crippen molar-refractivity contribution >= 4 is 21.8 Å². The summed E-state index contributed by atoms with van der Waals surface area (Å²) >= 11 is 3.14. The summed E-state index contributed by atoms with van der Waals surface area (Å²) in [6.07, 6.45) is 2.35. The van der Waals surface area contributed by atoms with Crippen LogP contribution in [0, 0.1) is 0 Å². The molecule has 0 aliphatic rings. The van der Waals surface area contributed by atoms with Gasteiger partial charge in [0.2, 0.25) is 0 Å². The second kappa shape index (κ2) is 6.49. The molecule has 1 aromatic carbocycles. The van der Waals surface area contributed by atoms with Crippen molar-refractivity contribution in [3.8, 4) is 5.75 Å².